The van der Waals surface area contributed by atoms with Crippen molar-refractivity contribution in [3.8, 4) is 0 Å². The average Bonchev–Trinajstić information content (AvgIpc) is 3.48. The van der Waals surface area contributed by atoms with Crippen LogP contribution < -0.4 is 0 Å². The Morgan fingerprint density at radius 3 is 2.76 bits per heavy atom. The molecular formula is C30H36O7. The van der Waals surface area contributed by atoms with Crippen molar-refractivity contribution in [3.63, 3.8) is 0 Å². The molecule has 7 nitrogen and oxygen atoms in total. The Balaban J connectivity index is 1.53. The molecule has 0 amide bonds. The van der Waals surface area contributed by atoms with Crippen LogP contribution in [-0.4, -0.2) is 52.7 Å². The average molecular weight is 509 g/mol. The third-order valence-electron chi connectivity index (χ3n) is 11.8. The molecule has 7 aliphatic rings. The van der Waals surface area contributed by atoms with Gasteiger partial charge in [-0.25, -0.2) is 4.79 Å². The minimum absolute atomic E-state index is 0.113. The highest BCUT2D eigenvalue weighted by Crippen LogP contribution is 2.84. The number of esters is 2. The van der Waals surface area contributed by atoms with Crippen LogP contribution in [0.1, 0.15) is 59.3 Å². The molecule has 2 heterocycles. The molecule has 37 heavy (non-hydrogen) atoms. The summed E-state index contributed by atoms with van der Waals surface area (Å²) >= 11 is 0. The largest absolute Gasteiger partial charge is 0.493 e. The van der Waals surface area contributed by atoms with Crippen LogP contribution >= 0.6 is 0 Å². The molecule has 3 saturated carbocycles. The normalized spacial score (nSPS) is 52.0. The summed E-state index contributed by atoms with van der Waals surface area (Å²) in [5.74, 6) is -0.316. The highest BCUT2D eigenvalue weighted by Gasteiger charge is 2.89. The van der Waals surface area contributed by atoms with Crippen molar-refractivity contribution in [3.05, 3.63) is 47.8 Å². The van der Waals surface area contributed by atoms with E-state index in [1.165, 1.54) is 6.92 Å². The van der Waals surface area contributed by atoms with E-state index < -0.39 is 40.2 Å². The van der Waals surface area contributed by atoms with E-state index in [-0.39, 0.29) is 35.8 Å². The molecule has 0 aromatic heterocycles. The van der Waals surface area contributed by atoms with Crippen LogP contribution in [0.15, 0.2) is 47.8 Å². The molecule has 0 aromatic carbocycles. The number of carbonyl (C=O) groups excluding carboxylic acids is 2. The second-order valence-corrected chi connectivity index (χ2v) is 12.9. The Kier molecular flexibility index (Phi) is 4.60. The highest BCUT2D eigenvalue weighted by atomic mass is 16.5. The van der Waals surface area contributed by atoms with Crippen molar-refractivity contribution in [1.82, 2.24) is 0 Å². The van der Waals surface area contributed by atoms with E-state index in [9.17, 15) is 19.8 Å². The molecule has 10 atom stereocenters. The molecule has 0 unspecified atom stereocenters. The molecule has 198 valence electrons. The zero-order chi connectivity index (χ0) is 26.0. The highest BCUT2D eigenvalue weighted by molar-refractivity contribution is 5.85. The minimum atomic E-state index is -1.13. The summed E-state index contributed by atoms with van der Waals surface area (Å²) in [7, 11) is 0. The Bertz CT molecular complexity index is 1210. The first-order chi connectivity index (χ1) is 17.6. The summed E-state index contributed by atoms with van der Waals surface area (Å²) in [6.07, 6.45) is 13.4. The predicted molar refractivity (Wildman–Crippen MR) is 133 cm³/mol. The first-order valence-corrected chi connectivity index (χ1v) is 13.7. The molecule has 2 aliphatic heterocycles. The number of hydrogen-bond acceptors (Lipinski definition) is 7. The number of carbonyl (C=O) groups is 2. The van der Waals surface area contributed by atoms with Crippen LogP contribution in [0.4, 0.5) is 0 Å². The number of cyclic esters (lactones) is 1. The summed E-state index contributed by atoms with van der Waals surface area (Å²) in [6, 6.07) is 0. The van der Waals surface area contributed by atoms with Crippen molar-refractivity contribution < 1.29 is 34.0 Å². The molecule has 0 aromatic rings. The smallest absolute Gasteiger partial charge is 0.331 e. The first-order valence-electron chi connectivity index (χ1n) is 13.7. The summed E-state index contributed by atoms with van der Waals surface area (Å²) in [5.41, 5.74) is -1.95. The van der Waals surface area contributed by atoms with Crippen LogP contribution in [-0.2, 0) is 23.8 Å². The van der Waals surface area contributed by atoms with Crippen molar-refractivity contribution in [2.75, 3.05) is 6.61 Å². The fourth-order valence-electron chi connectivity index (χ4n) is 10.6. The third-order valence-corrected chi connectivity index (χ3v) is 11.8. The monoisotopic (exact) mass is 508 g/mol. The molecule has 2 N–H and O–H groups in total. The fourth-order valence-corrected chi connectivity index (χ4v) is 10.6. The van der Waals surface area contributed by atoms with Crippen LogP contribution in [0, 0.1) is 33.5 Å². The molecule has 3 fully saturated rings. The zero-order valence-electron chi connectivity index (χ0n) is 21.7. The maximum absolute atomic E-state index is 12.7. The second-order valence-electron chi connectivity index (χ2n) is 12.9. The number of aliphatic hydroxyl groups is 2. The molecule has 7 heteroatoms. The maximum atomic E-state index is 12.7. The van der Waals surface area contributed by atoms with E-state index >= 15 is 0 Å². The zero-order valence-corrected chi connectivity index (χ0v) is 21.7. The third kappa shape index (κ3) is 2.39. The Morgan fingerprint density at radius 2 is 2.03 bits per heavy atom. The van der Waals surface area contributed by atoms with Crippen LogP contribution in [0.25, 0.3) is 0 Å². The predicted octanol–water partition coefficient (Wildman–Crippen LogP) is 3.51. The molecule has 0 radical (unpaired) electrons. The standard InChI is InChI=1S/C30H36O7/c1-17(31)37-24-14-26(2)9-7-22(32)30-23(33)8-10-27(3)20-5-4-19(13-20)21(29(24,27)30)16-36-28(26,30)11-6-18-12-25(34)35-15-18/h4-5,7,9,12,16,19-20,22-24,32-33H,6,8,10-11,13-15H2,1-3H3/t19-,20+,22+,23-,24+,26-,27-,28+,29-,30+/m0/s1. The van der Waals surface area contributed by atoms with E-state index in [2.05, 4.69) is 26.0 Å². The van der Waals surface area contributed by atoms with Gasteiger partial charge in [-0.05, 0) is 61.0 Å². The van der Waals surface area contributed by atoms with E-state index in [4.69, 9.17) is 14.2 Å². The number of ether oxygens (including phenoxy) is 3. The van der Waals surface area contributed by atoms with Crippen molar-refractivity contribution >= 4 is 11.9 Å². The van der Waals surface area contributed by atoms with Gasteiger partial charge in [0.25, 0.3) is 0 Å². The van der Waals surface area contributed by atoms with Crippen molar-refractivity contribution in [2.24, 2.45) is 33.5 Å². The first kappa shape index (κ1) is 23.7. The molecule has 2 spiro atoms. The van der Waals surface area contributed by atoms with Crippen molar-refractivity contribution in [2.45, 2.75) is 83.2 Å². The van der Waals surface area contributed by atoms with E-state index in [0.29, 0.717) is 25.7 Å². The Hall–Kier alpha value is -2.38. The van der Waals surface area contributed by atoms with Crippen LogP contribution in [0.2, 0.25) is 0 Å². The van der Waals surface area contributed by atoms with Gasteiger partial charge in [-0.3, -0.25) is 4.79 Å². The van der Waals surface area contributed by atoms with Gasteiger partial charge in [-0.15, -0.1) is 0 Å². The number of fused-ring (bicyclic) bond motifs is 4. The lowest BCUT2D eigenvalue weighted by Crippen LogP contribution is -2.87. The van der Waals surface area contributed by atoms with Gasteiger partial charge in [0.1, 0.15) is 18.3 Å². The minimum Gasteiger partial charge on any atom is -0.493 e. The Labute approximate surface area is 217 Å². The lowest BCUT2D eigenvalue weighted by molar-refractivity contribution is -0.384. The summed E-state index contributed by atoms with van der Waals surface area (Å²) in [6.45, 7) is 6.11. The van der Waals surface area contributed by atoms with Gasteiger partial charge >= 0.3 is 11.9 Å². The van der Waals surface area contributed by atoms with Gasteiger partial charge in [-0.1, -0.05) is 38.2 Å². The van der Waals surface area contributed by atoms with E-state index in [1.807, 2.05) is 18.4 Å². The quantitative estimate of drug-likeness (QED) is 0.443. The summed E-state index contributed by atoms with van der Waals surface area (Å²) in [4.78, 5) is 24.5. The summed E-state index contributed by atoms with van der Waals surface area (Å²) in [5, 5.41) is 24.4. The van der Waals surface area contributed by atoms with E-state index in [1.54, 1.807) is 6.08 Å². The lowest BCUT2D eigenvalue weighted by Gasteiger charge is -2.81. The molecule has 5 aliphatic carbocycles. The van der Waals surface area contributed by atoms with Crippen LogP contribution in [0.3, 0.4) is 0 Å². The second kappa shape index (κ2) is 7.17. The van der Waals surface area contributed by atoms with Crippen molar-refractivity contribution in [1.29, 1.82) is 0 Å². The van der Waals surface area contributed by atoms with Gasteiger partial charge in [0.05, 0.1) is 29.3 Å². The van der Waals surface area contributed by atoms with Gasteiger partial charge in [0.15, 0.2) is 0 Å². The number of aliphatic hydroxyl groups excluding tert-OH is 2. The number of rotatable bonds is 4. The summed E-state index contributed by atoms with van der Waals surface area (Å²) < 4.78 is 18.4. The number of hydrogen-bond donors (Lipinski definition) is 2. The number of allylic oxidation sites excluding steroid dienone is 2. The van der Waals surface area contributed by atoms with Gasteiger partial charge in [0, 0.05) is 24.3 Å². The molecule has 6 bridgehead atoms. The topological polar surface area (TPSA) is 102 Å². The van der Waals surface area contributed by atoms with E-state index in [0.717, 1.165) is 24.0 Å². The van der Waals surface area contributed by atoms with Gasteiger partial charge in [-0.2, -0.15) is 0 Å². The lowest BCUT2D eigenvalue weighted by atomic mass is 9.25. The Morgan fingerprint density at radius 1 is 1.22 bits per heavy atom. The van der Waals surface area contributed by atoms with Gasteiger partial charge < -0.3 is 24.4 Å². The maximum Gasteiger partial charge on any atom is 0.331 e. The van der Waals surface area contributed by atoms with Gasteiger partial charge in [0.2, 0.25) is 0 Å². The molecule has 0 saturated heterocycles. The SMILES string of the molecule is CC(=O)O[C@@H]1C[C@]2(C)C=C[C@@H](O)[C@@]34[C@@H](O)CC[C@@]5(C)[C@@H]6C=C[C@@H](C6)C(=CO[C@@]32CCC2=CC(=O)OC2)[C@@]145. The molecular weight excluding hydrogens is 472 g/mol. The van der Waals surface area contributed by atoms with Crippen LogP contribution in [0.5, 0.6) is 0 Å². The fraction of sp³-hybridized carbons (Fsp3) is 0.667. The molecule has 7 rings (SSSR count).